The zero-order valence-electron chi connectivity index (χ0n) is 15.0. The molecule has 27 heavy (non-hydrogen) atoms. The van der Waals surface area contributed by atoms with E-state index in [4.69, 9.17) is 4.74 Å². The molecule has 140 valence electrons. The molecule has 0 spiro atoms. The summed E-state index contributed by atoms with van der Waals surface area (Å²) in [5.74, 6) is -0.485. The van der Waals surface area contributed by atoms with E-state index in [1.54, 1.807) is 24.3 Å². The number of benzene rings is 2. The summed E-state index contributed by atoms with van der Waals surface area (Å²) in [6.07, 6.45) is 0.793. The maximum absolute atomic E-state index is 12.2. The molecule has 2 aromatic carbocycles. The predicted molar refractivity (Wildman–Crippen MR) is 102 cm³/mol. The van der Waals surface area contributed by atoms with Gasteiger partial charge in [0.25, 0.3) is 5.91 Å². The lowest BCUT2D eigenvalue weighted by atomic mass is 10.1. The van der Waals surface area contributed by atoms with E-state index >= 15 is 0 Å². The Morgan fingerprint density at radius 3 is 2.63 bits per heavy atom. The van der Waals surface area contributed by atoms with Gasteiger partial charge in [-0.2, -0.15) is 0 Å². The first-order valence-corrected chi connectivity index (χ1v) is 8.75. The number of carbonyl (C=O) groups is 3. The van der Waals surface area contributed by atoms with E-state index in [2.05, 4.69) is 10.6 Å². The Morgan fingerprint density at radius 2 is 1.81 bits per heavy atom. The third-order valence-corrected chi connectivity index (χ3v) is 4.23. The Hall–Kier alpha value is -3.35. The van der Waals surface area contributed by atoms with E-state index in [-0.39, 0.29) is 31.5 Å². The standard InChI is InChI=1S/C20H21N3O4/c1-2-14-7-3-4-8-15(14)22-18(24)11-21-19(25)12-23-16-9-5-6-10-17(16)27-13-20(23)26/h3-10H,2,11-13H2,1H3,(H,21,25)(H,22,24). The van der Waals surface area contributed by atoms with Gasteiger partial charge in [0.15, 0.2) is 6.61 Å². The molecule has 0 bridgehead atoms. The van der Waals surface area contributed by atoms with Crippen molar-refractivity contribution >= 4 is 29.1 Å². The Kier molecular flexibility index (Phi) is 5.71. The van der Waals surface area contributed by atoms with Crippen LogP contribution in [0.2, 0.25) is 0 Å². The summed E-state index contributed by atoms with van der Waals surface area (Å²) in [6.45, 7) is 1.55. The first-order valence-electron chi connectivity index (χ1n) is 8.75. The minimum Gasteiger partial charge on any atom is -0.482 e. The number of rotatable bonds is 6. The second-order valence-electron chi connectivity index (χ2n) is 6.07. The first-order chi connectivity index (χ1) is 13.1. The molecule has 0 atom stereocenters. The lowest BCUT2D eigenvalue weighted by Crippen LogP contribution is -2.46. The molecule has 0 saturated heterocycles. The van der Waals surface area contributed by atoms with E-state index in [0.29, 0.717) is 11.4 Å². The van der Waals surface area contributed by atoms with Crippen molar-refractivity contribution in [2.24, 2.45) is 0 Å². The number of nitrogens with one attached hydrogen (secondary N) is 2. The Bertz CT molecular complexity index is 866. The normalized spacial score (nSPS) is 12.8. The van der Waals surface area contributed by atoms with Crippen molar-refractivity contribution in [3.63, 3.8) is 0 Å². The minimum atomic E-state index is -0.418. The number of hydrogen-bond donors (Lipinski definition) is 2. The van der Waals surface area contributed by atoms with Crippen LogP contribution in [0.1, 0.15) is 12.5 Å². The van der Waals surface area contributed by atoms with Crippen LogP contribution in [0.4, 0.5) is 11.4 Å². The van der Waals surface area contributed by atoms with Gasteiger partial charge in [0.2, 0.25) is 11.8 Å². The molecule has 0 aromatic heterocycles. The highest BCUT2D eigenvalue weighted by molar-refractivity contribution is 6.03. The van der Waals surface area contributed by atoms with E-state index in [1.807, 2.05) is 31.2 Å². The molecule has 2 aromatic rings. The van der Waals surface area contributed by atoms with Crippen LogP contribution in [0.25, 0.3) is 0 Å². The molecule has 0 unspecified atom stereocenters. The van der Waals surface area contributed by atoms with Crippen molar-refractivity contribution in [1.29, 1.82) is 0 Å². The topological polar surface area (TPSA) is 87.7 Å². The number of carbonyl (C=O) groups excluding carboxylic acids is 3. The smallest absolute Gasteiger partial charge is 0.265 e. The van der Waals surface area contributed by atoms with Gasteiger partial charge in [0, 0.05) is 5.69 Å². The highest BCUT2D eigenvalue weighted by Gasteiger charge is 2.26. The third kappa shape index (κ3) is 4.44. The average Bonchev–Trinajstić information content (AvgIpc) is 2.69. The number of ether oxygens (including phenoxy) is 1. The number of para-hydroxylation sites is 3. The number of nitrogens with zero attached hydrogens (tertiary/aromatic N) is 1. The summed E-state index contributed by atoms with van der Waals surface area (Å²) in [7, 11) is 0. The average molecular weight is 367 g/mol. The molecule has 0 aliphatic carbocycles. The fourth-order valence-electron chi connectivity index (χ4n) is 2.85. The van der Waals surface area contributed by atoms with Crippen molar-refractivity contribution in [2.75, 3.05) is 29.9 Å². The Balaban J connectivity index is 1.55. The maximum Gasteiger partial charge on any atom is 0.265 e. The Labute approximate surface area is 157 Å². The van der Waals surface area contributed by atoms with Gasteiger partial charge in [0.05, 0.1) is 12.2 Å². The summed E-state index contributed by atoms with van der Waals surface area (Å²) in [5.41, 5.74) is 2.30. The molecule has 1 heterocycles. The quantitative estimate of drug-likeness (QED) is 0.814. The highest BCUT2D eigenvalue weighted by Crippen LogP contribution is 2.31. The van der Waals surface area contributed by atoms with Crippen molar-refractivity contribution in [3.05, 3.63) is 54.1 Å². The first kappa shape index (κ1) is 18.4. The predicted octanol–water partition coefficient (Wildman–Crippen LogP) is 1.73. The monoisotopic (exact) mass is 367 g/mol. The fraction of sp³-hybridized carbons (Fsp3) is 0.250. The molecule has 0 fully saturated rings. The molecule has 0 saturated carbocycles. The van der Waals surface area contributed by atoms with Gasteiger partial charge in [-0.05, 0) is 30.2 Å². The third-order valence-electron chi connectivity index (χ3n) is 4.23. The van der Waals surface area contributed by atoms with E-state index in [0.717, 1.165) is 17.7 Å². The van der Waals surface area contributed by atoms with Crippen molar-refractivity contribution < 1.29 is 19.1 Å². The second kappa shape index (κ2) is 8.35. The van der Waals surface area contributed by atoms with Crippen LogP contribution < -0.4 is 20.3 Å². The number of hydrogen-bond acceptors (Lipinski definition) is 4. The van der Waals surface area contributed by atoms with Gasteiger partial charge < -0.3 is 15.4 Å². The van der Waals surface area contributed by atoms with Gasteiger partial charge in [-0.25, -0.2) is 0 Å². The summed E-state index contributed by atoms with van der Waals surface area (Å²) < 4.78 is 5.35. The number of amides is 3. The van der Waals surface area contributed by atoms with Crippen LogP contribution in [0.3, 0.4) is 0 Å². The molecule has 3 amide bonds. The molecular formula is C20H21N3O4. The molecule has 7 heteroatoms. The molecule has 0 radical (unpaired) electrons. The number of anilines is 2. The molecule has 3 rings (SSSR count). The van der Waals surface area contributed by atoms with E-state index in [9.17, 15) is 14.4 Å². The highest BCUT2D eigenvalue weighted by atomic mass is 16.5. The van der Waals surface area contributed by atoms with Crippen LogP contribution in [0, 0.1) is 0 Å². The fourth-order valence-corrected chi connectivity index (χ4v) is 2.85. The van der Waals surface area contributed by atoms with Crippen LogP contribution in [0.5, 0.6) is 5.75 Å². The summed E-state index contributed by atoms with van der Waals surface area (Å²) in [6, 6.07) is 14.5. The van der Waals surface area contributed by atoms with Gasteiger partial charge >= 0.3 is 0 Å². The summed E-state index contributed by atoms with van der Waals surface area (Å²) in [5, 5.41) is 5.34. The maximum atomic E-state index is 12.2. The second-order valence-corrected chi connectivity index (χ2v) is 6.07. The SMILES string of the molecule is CCc1ccccc1NC(=O)CNC(=O)CN1C(=O)COc2ccccc21. The van der Waals surface area contributed by atoms with E-state index < -0.39 is 5.91 Å². The molecule has 1 aliphatic heterocycles. The van der Waals surface area contributed by atoms with Gasteiger partial charge in [-0.15, -0.1) is 0 Å². The molecule has 2 N–H and O–H groups in total. The molecule has 7 nitrogen and oxygen atoms in total. The number of aryl methyl sites for hydroxylation is 1. The lowest BCUT2D eigenvalue weighted by molar-refractivity contribution is -0.126. The number of fused-ring (bicyclic) bond motifs is 1. The largest absolute Gasteiger partial charge is 0.482 e. The van der Waals surface area contributed by atoms with Crippen LogP contribution in [-0.4, -0.2) is 37.4 Å². The summed E-state index contributed by atoms with van der Waals surface area (Å²) in [4.78, 5) is 37.8. The van der Waals surface area contributed by atoms with Crippen molar-refractivity contribution in [2.45, 2.75) is 13.3 Å². The van der Waals surface area contributed by atoms with Crippen molar-refractivity contribution in [1.82, 2.24) is 5.32 Å². The lowest BCUT2D eigenvalue weighted by Gasteiger charge is -2.28. The Morgan fingerprint density at radius 1 is 1.07 bits per heavy atom. The van der Waals surface area contributed by atoms with Gasteiger partial charge in [-0.1, -0.05) is 37.3 Å². The van der Waals surface area contributed by atoms with Crippen LogP contribution >= 0.6 is 0 Å². The van der Waals surface area contributed by atoms with E-state index in [1.165, 1.54) is 4.90 Å². The van der Waals surface area contributed by atoms with Gasteiger partial charge in [0.1, 0.15) is 12.3 Å². The van der Waals surface area contributed by atoms with Crippen molar-refractivity contribution in [3.8, 4) is 5.75 Å². The molecular weight excluding hydrogens is 346 g/mol. The summed E-state index contributed by atoms with van der Waals surface area (Å²) >= 11 is 0. The minimum absolute atomic E-state index is 0.113. The zero-order chi connectivity index (χ0) is 19.2. The van der Waals surface area contributed by atoms with Crippen LogP contribution in [-0.2, 0) is 20.8 Å². The zero-order valence-corrected chi connectivity index (χ0v) is 15.0. The molecule has 1 aliphatic rings. The van der Waals surface area contributed by atoms with Gasteiger partial charge in [-0.3, -0.25) is 19.3 Å². The van der Waals surface area contributed by atoms with Crippen LogP contribution in [0.15, 0.2) is 48.5 Å².